The van der Waals surface area contributed by atoms with Gasteiger partial charge in [0.05, 0.1) is 18.6 Å². The van der Waals surface area contributed by atoms with Crippen LogP contribution in [0.5, 0.6) is 0 Å². The monoisotopic (exact) mass is 226 g/mol. The lowest BCUT2D eigenvalue weighted by Gasteiger charge is -2.09. The van der Waals surface area contributed by atoms with Crippen molar-refractivity contribution in [2.24, 2.45) is 0 Å². The lowest BCUT2D eigenvalue weighted by molar-refractivity contribution is -0.0582. The molecule has 2 atom stereocenters. The van der Waals surface area contributed by atoms with E-state index in [2.05, 4.69) is 12.1 Å². The summed E-state index contributed by atoms with van der Waals surface area (Å²) in [5, 5.41) is 0. The van der Waals surface area contributed by atoms with Crippen molar-refractivity contribution in [2.45, 2.75) is 25.2 Å². The zero-order chi connectivity index (χ0) is 10.5. The van der Waals surface area contributed by atoms with Crippen molar-refractivity contribution < 1.29 is 9.47 Å². The molecule has 2 rings (SSSR count). The fourth-order valence-corrected chi connectivity index (χ4v) is 1.83. The second-order valence-corrected chi connectivity index (χ2v) is 4.01. The Hall–Kier alpha value is -0.570. The lowest BCUT2D eigenvalue weighted by atomic mass is 10.1. The first-order chi connectivity index (χ1) is 7.38. The van der Waals surface area contributed by atoms with E-state index in [0.29, 0.717) is 12.5 Å². The average molecular weight is 227 g/mol. The van der Waals surface area contributed by atoms with Crippen LogP contribution in [-0.2, 0) is 15.9 Å². The molecule has 1 aromatic rings. The summed E-state index contributed by atoms with van der Waals surface area (Å²) in [6, 6.07) is 10.4. The van der Waals surface area contributed by atoms with Crippen molar-refractivity contribution in [3.63, 3.8) is 0 Å². The summed E-state index contributed by atoms with van der Waals surface area (Å²) >= 11 is 5.69. The lowest BCUT2D eigenvalue weighted by Crippen LogP contribution is -2.14. The maximum Gasteiger partial charge on any atom is 0.158 e. The van der Waals surface area contributed by atoms with Gasteiger partial charge in [-0.1, -0.05) is 30.3 Å². The van der Waals surface area contributed by atoms with Crippen LogP contribution in [0.15, 0.2) is 30.3 Å². The molecule has 3 heteroatoms. The van der Waals surface area contributed by atoms with E-state index in [0.717, 1.165) is 12.8 Å². The Balaban J connectivity index is 1.75. The molecule has 0 aliphatic carbocycles. The van der Waals surface area contributed by atoms with E-state index in [1.54, 1.807) is 0 Å². The van der Waals surface area contributed by atoms with Crippen molar-refractivity contribution in [1.82, 2.24) is 0 Å². The summed E-state index contributed by atoms with van der Waals surface area (Å²) < 4.78 is 11.0. The van der Waals surface area contributed by atoms with Crippen molar-refractivity contribution >= 4 is 11.6 Å². The van der Waals surface area contributed by atoms with Crippen LogP contribution in [-0.4, -0.2) is 24.9 Å². The first-order valence-corrected chi connectivity index (χ1v) is 5.79. The predicted octanol–water partition coefficient (Wildman–Crippen LogP) is 2.60. The van der Waals surface area contributed by atoms with E-state index in [9.17, 15) is 0 Å². The van der Waals surface area contributed by atoms with E-state index >= 15 is 0 Å². The topological polar surface area (TPSA) is 18.5 Å². The standard InChI is InChI=1S/C12H15ClO2/c13-8-11-9-14-12(15-11)7-6-10-4-2-1-3-5-10/h1-5,11-12H,6-9H2/t11-,12+/m0/s1. The van der Waals surface area contributed by atoms with Crippen molar-refractivity contribution in [1.29, 1.82) is 0 Å². The van der Waals surface area contributed by atoms with E-state index in [4.69, 9.17) is 21.1 Å². The van der Waals surface area contributed by atoms with Gasteiger partial charge >= 0.3 is 0 Å². The Kier molecular flexibility index (Phi) is 4.01. The molecular formula is C12H15ClO2. The second-order valence-electron chi connectivity index (χ2n) is 3.70. The maximum atomic E-state index is 5.69. The molecule has 0 spiro atoms. The first-order valence-electron chi connectivity index (χ1n) is 5.25. The number of alkyl halides is 1. The van der Waals surface area contributed by atoms with Gasteiger partial charge < -0.3 is 9.47 Å². The molecule has 0 radical (unpaired) electrons. The van der Waals surface area contributed by atoms with Gasteiger partial charge in [0.25, 0.3) is 0 Å². The van der Waals surface area contributed by atoms with Crippen LogP contribution in [0.3, 0.4) is 0 Å². The van der Waals surface area contributed by atoms with Crippen LogP contribution in [0, 0.1) is 0 Å². The average Bonchev–Trinajstić information content (AvgIpc) is 2.76. The molecule has 0 N–H and O–H groups in total. The van der Waals surface area contributed by atoms with Gasteiger partial charge in [-0.25, -0.2) is 0 Å². The van der Waals surface area contributed by atoms with Crippen LogP contribution >= 0.6 is 11.6 Å². The SMILES string of the molecule is ClC[C@H]1CO[C@@H](CCc2ccccc2)O1. The molecule has 2 nitrogen and oxygen atoms in total. The quantitative estimate of drug-likeness (QED) is 0.735. The molecule has 1 aromatic carbocycles. The van der Waals surface area contributed by atoms with Crippen molar-refractivity contribution in [3.05, 3.63) is 35.9 Å². The number of halogens is 1. The number of hydrogen-bond acceptors (Lipinski definition) is 2. The smallest absolute Gasteiger partial charge is 0.158 e. The van der Waals surface area contributed by atoms with Gasteiger partial charge in [0.2, 0.25) is 0 Å². The third-order valence-corrected chi connectivity index (χ3v) is 2.84. The van der Waals surface area contributed by atoms with E-state index in [-0.39, 0.29) is 12.4 Å². The highest BCUT2D eigenvalue weighted by Gasteiger charge is 2.24. The van der Waals surface area contributed by atoms with Crippen LogP contribution in [0.1, 0.15) is 12.0 Å². The summed E-state index contributed by atoms with van der Waals surface area (Å²) in [6.07, 6.45) is 1.89. The highest BCUT2D eigenvalue weighted by atomic mass is 35.5. The Morgan fingerprint density at radius 1 is 1.27 bits per heavy atom. The fourth-order valence-electron chi connectivity index (χ4n) is 1.67. The van der Waals surface area contributed by atoms with Crippen LogP contribution in [0.2, 0.25) is 0 Å². The van der Waals surface area contributed by atoms with Gasteiger partial charge in [0, 0.05) is 6.42 Å². The van der Waals surface area contributed by atoms with Gasteiger partial charge in [-0.05, 0) is 12.0 Å². The molecule has 0 saturated carbocycles. The molecule has 1 saturated heterocycles. The molecule has 0 amide bonds. The minimum Gasteiger partial charge on any atom is -0.350 e. The summed E-state index contributed by atoms with van der Waals surface area (Å²) in [4.78, 5) is 0. The Bertz CT molecular complexity index is 289. The van der Waals surface area contributed by atoms with Crippen molar-refractivity contribution in [2.75, 3.05) is 12.5 Å². The normalized spacial score (nSPS) is 25.7. The van der Waals surface area contributed by atoms with Gasteiger partial charge in [0.1, 0.15) is 0 Å². The minimum atomic E-state index is -0.0750. The number of rotatable bonds is 4. The largest absolute Gasteiger partial charge is 0.350 e. The molecule has 82 valence electrons. The highest BCUT2D eigenvalue weighted by molar-refractivity contribution is 6.18. The zero-order valence-corrected chi connectivity index (χ0v) is 9.32. The first kappa shape index (κ1) is 10.9. The van der Waals surface area contributed by atoms with E-state index in [1.165, 1.54) is 5.56 Å². The summed E-state index contributed by atoms with van der Waals surface area (Å²) in [7, 11) is 0. The number of benzene rings is 1. The van der Waals surface area contributed by atoms with Gasteiger partial charge in [-0.15, -0.1) is 11.6 Å². The summed E-state index contributed by atoms with van der Waals surface area (Å²) in [6.45, 7) is 0.628. The second kappa shape index (κ2) is 5.50. The summed E-state index contributed by atoms with van der Waals surface area (Å²) in [5.41, 5.74) is 1.32. The number of ether oxygens (including phenoxy) is 2. The zero-order valence-electron chi connectivity index (χ0n) is 8.56. The van der Waals surface area contributed by atoms with Crippen molar-refractivity contribution in [3.8, 4) is 0 Å². The molecule has 1 fully saturated rings. The Morgan fingerprint density at radius 3 is 2.73 bits per heavy atom. The van der Waals surface area contributed by atoms with Crippen LogP contribution in [0.25, 0.3) is 0 Å². The molecular weight excluding hydrogens is 212 g/mol. The molecule has 15 heavy (non-hydrogen) atoms. The Labute approximate surface area is 95.1 Å². The molecule has 1 heterocycles. The van der Waals surface area contributed by atoms with E-state index in [1.807, 2.05) is 18.2 Å². The molecule has 0 bridgehead atoms. The maximum absolute atomic E-state index is 5.69. The number of hydrogen-bond donors (Lipinski definition) is 0. The molecule has 1 aliphatic heterocycles. The third-order valence-electron chi connectivity index (χ3n) is 2.50. The number of aryl methyl sites for hydroxylation is 1. The van der Waals surface area contributed by atoms with Gasteiger partial charge in [0.15, 0.2) is 6.29 Å². The fraction of sp³-hybridized carbons (Fsp3) is 0.500. The third kappa shape index (κ3) is 3.20. The highest BCUT2D eigenvalue weighted by Crippen LogP contribution is 2.17. The van der Waals surface area contributed by atoms with Gasteiger partial charge in [-0.2, -0.15) is 0 Å². The predicted molar refractivity (Wildman–Crippen MR) is 60.1 cm³/mol. The minimum absolute atomic E-state index is 0.0750. The molecule has 0 unspecified atom stereocenters. The van der Waals surface area contributed by atoms with Crippen LogP contribution < -0.4 is 0 Å². The van der Waals surface area contributed by atoms with Gasteiger partial charge in [-0.3, -0.25) is 0 Å². The van der Waals surface area contributed by atoms with E-state index < -0.39 is 0 Å². The molecule has 1 aliphatic rings. The summed E-state index contributed by atoms with van der Waals surface area (Å²) in [5.74, 6) is 0.516. The Morgan fingerprint density at radius 2 is 2.07 bits per heavy atom. The van der Waals surface area contributed by atoms with Crippen LogP contribution in [0.4, 0.5) is 0 Å². The molecule has 0 aromatic heterocycles.